The number of rotatable bonds is 12. The first-order valence-electron chi connectivity index (χ1n) is 15.4. The van der Waals surface area contributed by atoms with Crippen LogP contribution in [0.5, 0.6) is 11.5 Å². The quantitative estimate of drug-likeness (QED) is 0.0907. The van der Waals surface area contributed by atoms with E-state index in [1.807, 2.05) is 0 Å². The van der Waals surface area contributed by atoms with Crippen molar-refractivity contribution in [2.45, 2.75) is 80.1 Å². The van der Waals surface area contributed by atoms with Gasteiger partial charge in [0.1, 0.15) is 11.1 Å². The molecule has 0 aliphatic heterocycles. The lowest BCUT2D eigenvalue weighted by atomic mass is 9.90. The molecule has 2 unspecified atom stereocenters. The minimum Gasteiger partial charge on any atom is -0.462 e. The molecule has 2 aliphatic carbocycles. The van der Waals surface area contributed by atoms with Gasteiger partial charge in [-0.1, -0.05) is 111 Å². The van der Waals surface area contributed by atoms with E-state index in [1.165, 1.54) is 0 Å². The molecule has 2 saturated carbocycles. The van der Waals surface area contributed by atoms with Crippen molar-refractivity contribution < 1.29 is 38.1 Å². The maximum absolute atomic E-state index is 13.2. The normalized spacial score (nSPS) is 21.7. The molecule has 2 aliphatic rings. The third-order valence-electron chi connectivity index (χ3n) is 10.4. The van der Waals surface area contributed by atoms with Crippen LogP contribution in [0.4, 0.5) is 0 Å². The maximum atomic E-state index is 13.2. The topological polar surface area (TPSA) is 105 Å². The predicted octanol–water partition coefficient (Wildman–Crippen LogP) is 10.9. The number of ether oxygens (including phenoxy) is 4. The fourth-order valence-corrected chi connectivity index (χ4v) is 8.27. The van der Waals surface area contributed by atoms with E-state index in [2.05, 4.69) is 41.5 Å². The molecule has 14 heteroatoms. The largest absolute Gasteiger partial charge is 0.462 e. The molecule has 2 atom stereocenters. The zero-order valence-corrected chi connectivity index (χ0v) is 31.9. The second-order valence-electron chi connectivity index (χ2n) is 13.7. The van der Waals surface area contributed by atoms with Gasteiger partial charge in [-0.05, 0) is 72.3 Å². The van der Waals surface area contributed by atoms with Gasteiger partial charge < -0.3 is 18.9 Å². The summed E-state index contributed by atoms with van der Waals surface area (Å²) in [7, 11) is 0. The molecular weight excluding hydrogens is 749 g/mol. The summed E-state index contributed by atoms with van der Waals surface area (Å²) >= 11 is 37.5. The summed E-state index contributed by atoms with van der Waals surface area (Å²) in [5.74, 6) is -6.39. The molecule has 2 aromatic rings. The molecule has 0 bridgehead atoms. The first-order valence-corrected chi connectivity index (χ1v) is 17.7. The third-order valence-corrected chi connectivity index (χ3v) is 12.5. The third kappa shape index (κ3) is 7.54. The summed E-state index contributed by atoms with van der Waals surface area (Å²) in [6, 6.07) is 2.26. The van der Waals surface area contributed by atoms with E-state index in [0.717, 1.165) is 37.8 Å². The Labute approximate surface area is 309 Å². The van der Waals surface area contributed by atoms with Crippen LogP contribution in [0.25, 0.3) is 0 Å². The van der Waals surface area contributed by atoms with E-state index in [9.17, 15) is 19.2 Å². The molecule has 0 radical (unpaired) electrons. The van der Waals surface area contributed by atoms with Crippen molar-refractivity contribution in [3.8, 4) is 11.5 Å². The van der Waals surface area contributed by atoms with Crippen LogP contribution in [0.1, 0.15) is 101 Å². The second-order valence-corrected chi connectivity index (χ2v) is 16.0. The summed E-state index contributed by atoms with van der Waals surface area (Å²) in [6.45, 7) is 12.9. The number of carbonyl (C=O) groups is 4. The number of carbonyl (C=O) groups excluding carboxylic acids is 4. The van der Waals surface area contributed by atoms with E-state index in [-0.39, 0.29) is 65.0 Å². The van der Waals surface area contributed by atoms with Crippen LogP contribution in [0.3, 0.4) is 0 Å². The highest BCUT2D eigenvalue weighted by Gasteiger charge is 2.59. The Morgan fingerprint density at radius 3 is 1.19 bits per heavy atom. The average molecular weight is 785 g/mol. The van der Waals surface area contributed by atoms with Gasteiger partial charge in [-0.15, -0.1) is 0 Å². The Hall–Kier alpha value is -1.94. The summed E-state index contributed by atoms with van der Waals surface area (Å²) in [4.78, 5) is 52.5. The molecule has 0 heterocycles. The second kappa shape index (κ2) is 14.4. The molecule has 2 fully saturated rings. The van der Waals surface area contributed by atoms with Gasteiger partial charge in [-0.3, -0.25) is 0 Å². The Morgan fingerprint density at radius 1 is 0.604 bits per heavy atom. The molecular formula is C34H36Cl6O8. The van der Waals surface area contributed by atoms with Gasteiger partial charge in [0, 0.05) is 0 Å². The van der Waals surface area contributed by atoms with Gasteiger partial charge in [0.2, 0.25) is 0 Å². The molecule has 0 aromatic heterocycles. The van der Waals surface area contributed by atoms with E-state index >= 15 is 0 Å². The SMILES string of the molecule is CCC1(CCOC(=O)c2c(Cl)c(Cl)cc(Cl)c2OC(=O)C(=O)Oc2c(Cl)cc(Cl)c(Cl)c2C(=O)OCCC2(CC)CC2(C)C)CC1(C)C. The molecule has 2 aromatic carbocycles. The number of hydrogen-bond acceptors (Lipinski definition) is 8. The standard InChI is InChI=1S/C34H36Cl6O8/c1-7-33(15-31(33,3)4)9-11-45-27(41)21-23(39)17(35)13-19(37)25(21)47-29(43)30(44)48-26-20(38)14-18(36)24(40)22(26)28(42)46-12-10-34(8-2)16-32(34,5)6/h13-14H,7-12,15-16H2,1-6H3. The molecule has 0 spiro atoms. The monoisotopic (exact) mass is 782 g/mol. The number of benzene rings is 2. The Bertz CT molecular complexity index is 1550. The highest BCUT2D eigenvalue weighted by atomic mass is 35.5. The van der Waals surface area contributed by atoms with Crippen LogP contribution in [0, 0.1) is 21.7 Å². The van der Waals surface area contributed by atoms with Gasteiger partial charge in [-0.25, -0.2) is 19.2 Å². The first kappa shape index (κ1) is 38.9. The van der Waals surface area contributed by atoms with Crippen LogP contribution < -0.4 is 9.47 Å². The van der Waals surface area contributed by atoms with Crippen LogP contribution in [-0.2, 0) is 19.1 Å². The minimum absolute atomic E-state index is 0.0328. The van der Waals surface area contributed by atoms with Crippen molar-refractivity contribution in [2.75, 3.05) is 13.2 Å². The zero-order valence-electron chi connectivity index (χ0n) is 27.3. The van der Waals surface area contributed by atoms with Crippen LogP contribution in [-0.4, -0.2) is 37.1 Å². The number of esters is 4. The van der Waals surface area contributed by atoms with Gasteiger partial charge >= 0.3 is 23.9 Å². The lowest BCUT2D eigenvalue weighted by Gasteiger charge is -2.19. The molecule has 0 N–H and O–H groups in total. The maximum Gasteiger partial charge on any atom is 0.423 e. The van der Waals surface area contributed by atoms with Gasteiger partial charge in [-0.2, -0.15) is 0 Å². The Balaban J connectivity index is 1.51. The van der Waals surface area contributed by atoms with Crippen molar-refractivity contribution in [1.29, 1.82) is 0 Å². The number of hydrogen-bond donors (Lipinski definition) is 0. The molecule has 8 nitrogen and oxygen atoms in total. The lowest BCUT2D eigenvalue weighted by molar-refractivity contribution is -0.156. The van der Waals surface area contributed by atoms with Crippen molar-refractivity contribution in [1.82, 2.24) is 0 Å². The van der Waals surface area contributed by atoms with Gasteiger partial charge in [0.05, 0.1) is 43.3 Å². The van der Waals surface area contributed by atoms with Gasteiger partial charge in [0.25, 0.3) is 0 Å². The molecule has 48 heavy (non-hydrogen) atoms. The summed E-state index contributed by atoms with van der Waals surface area (Å²) < 4.78 is 21.4. The lowest BCUT2D eigenvalue weighted by Crippen LogP contribution is -2.27. The van der Waals surface area contributed by atoms with Crippen LogP contribution in [0.15, 0.2) is 12.1 Å². The van der Waals surface area contributed by atoms with Gasteiger partial charge in [0.15, 0.2) is 11.5 Å². The fourth-order valence-electron chi connectivity index (χ4n) is 6.83. The van der Waals surface area contributed by atoms with E-state index < -0.39 is 46.5 Å². The van der Waals surface area contributed by atoms with E-state index in [1.54, 1.807) is 0 Å². The van der Waals surface area contributed by atoms with E-state index in [4.69, 9.17) is 88.6 Å². The van der Waals surface area contributed by atoms with Crippen molar-refractivity contribution >= 4 is 93.5 Å². The molecule has 262 valence electrons. The van der Waals surface area contributed by atoms with Crippen molar-refractivity contribution in [2.24, 2.45) is 21.7 Å². The summed E-state index contributed by atoms with van der Waals surface area (Å²) in [6.07, 6.45) is 5.00. The summed E-state index contributed by atoms with van der Waals surface area (Å²) in [5, 5.41) is -1.49. The van der Waals surface area contributed by atoms with E-state index in [0.29, 0.717) is 12.8 Å². The molecule has 4 rings (SSSR count). The van der Waals surface area contributed by atoms with Crippen LogP contribution in [0.2, 0.25) is 30.1 Å². The molecule has 0 saturated heterocycles. The van der Waals surface area contributed by atoms with Crippen LogP contribution >= 0.6 is 69.6 Å². The average Bonchev–Trinajstić information content (AvgIpc) is 3.79. The Morgan fingerprint density at radius 2 is 0.917 bits per heavy atom. The molecule has 0 amide bonds. The highest BCUT2D eigenvalue weighted by Crippen LogP contribution is 2.68. The smallest absolute Gasteiger partial charge is 0.423 e. The number of halogens is 6. The van der Waals surface area contributed by atoms with Crippen molar-refractivity contribution in [3.05, 3.63) is 53.4 Å². The fraction of sp³-hybridized carbons (Fsp3) is 0.529. The first-order chi connectivity index (χ1) is 22.3. The highest BCUT2D eigenvalue weighted by molar-refractivity contribution is 6.47. The minimum atomic E-state index is -1.64. The Kier molecular flexibility index (Phi) is 11.6. The summed E-state index contributed by atoms with van der Waals surface area (Å²) in [5.41, 5.74) is -0.624. The predicted molar refractivity (Wildman–Crippen MR) is 186 cm³/mol. The zero-order chi connectivity index (χ0) is 36.0. The van der Waals surface area contributed by atoms with Crippen molar-refractivity contribution in [3.63, 3.8) is 0 Å².